The molecule has 2 aromatic carbocycles. The fraction of sp³-hybridized carbons (Fsp3) is 0.200. The van der Waals surface area contributed by atoms with Crippen molar-refractivity contribution in [3.05, 3.63) is 42.1 Å². The van der Waals surface area contributed by atoms with Gasteiger partial charge in [-0.2, -0.15) is 5.10 Å². The van der Waals surface area contributed by atoms with Crippen LogP contribution in [-0.4, -0.2) is 38.3 Å². The van der Waals surface area contributed by atoms with Crippen LogP contribution in [0.3, 0.4) is 0 Å². The van der Waals surface area contributed by atoms with Crippen molar-refractivity contribution in [2.75, 3.05) is 6.79 Å². The number of aliphatic carboxylic acids is 1. The van der Waals surface area contributed by atoms with Crippen molar-refractivity contribution in [3.63, 3.8) is 0 Å². The molecule has 4 N–H and O–H groups in total. The van der Waals surface area contributed by atoms with Crippen LogP contribution < -0.4 is 9.47 Å². The Kier molecular flexibility index (Phi) is 4.52. The number of benzene rings is 2. The Morgan fingerprint density at radius 3 is 2.71 bits per heavy atom. The van der Waals surface area contributed by atoms with Gasteiger partial charge in [0.05, 0.1) is 0 Å². The van der Waals surface area contributed by atoms with Gasteiger partial charge < -0.3 is 24.8 Å². The van der Waals surface area contributed by atoms with Crippen LogP contribution in [0.5, 0.6) is 23.0 Å². The van der Waals surface area contributed by atoms with Gasteiger partial charge in [-0.05, 0) is 42.7 Å². The van der Waals surface area contributed by atoms with Crippen LogP contribution in [0.1, 0.15) is 18.5 Å². The van der Waals surface area contributed by atoms with Gasteiger partial charge in [-0.3, -0.25) is 9.89 Å². The maximum absolute atomic E-state index is 10.9. The summed E-state index contributed by atoms with van der Waals surface area (Å²) in [5.41, 5.74) is 3.24. The number of aromatic amines is 1. The number of nitrogens with zero attached hydrogens (tertiary/aromatic N) is 1. The minimum atomic E-state index is -0.861. The molecule has 0 bridgehead atoms. The molecule has 0 saturated carbocycles. The fourth-order valence-electron chi connectivity index (χ4n) is 3.25. The van der Waals surface area contributed by atoms with Gasteiger partial charge in [-0.25, -0.2) is 0 Å². The number of carbonyl (C=O) groups is 1. The molecule has 2 heterocycles. The summed E-state index contributed by atoms with van der Waals surface area (Å²) in [6.07, 6.45) is 0.956. The van der Waals surface area contributed by atoms with E-state index in [1.165, 1.54) is 12.1 Å². The number of ether oxygens (including phenoxy) is 2. The molecule has 28 heavy (non-hydrogen) atoms. The standard InChI is InChI=1S/C20H18N2O6/c23-12-5-6-13(15(24)9-12)20-19(14(21-22-20)2-1-3-18(25)26)11-4-7-16-17(8-11)28-10-27-16/h4-9,23-24H,1-3,10H2,(H,21,22)(H,25,26). The highest BCUT2D eigenvalue weighted by molar-refractivity contribution is 5.86. The average Bonchev–Trinajstić information content (AvgIpc) is 3.27. The SMILES string of the molecule is O=C(O)CCCc1[nH]nc(-c2ccc(O)cc2O)c1-c1ccc2c(c1)OCO2. The van der Waals surface area contributed by atoms with E-state index in [0.29, 0.717) is 35.6 Å². The predicted octanol–water partition coefficient (Wildman–Crippen LogP) is 3.29. The summed E-state index contributed by atoms with van der Waals surface area (Å²) in [6, 6.07) is 9.79. The number of aromatic hydroxyl groups is 2. The predicted molar refractivity (Wildman–Crippen MR) is 99.5 cm³/mol. The first kappa shape index (κ1) is 17.7. The van der Waals surface area contributed by atoms with Crippen molar-refractivity contribution in [3.8, 4) is 45.4 Å². The molecule has 0 fully saturated rings. The molecule has 8 nitrogen and oxygen atoms in total. The summed E-state index contributed by atoms with van der Waals surface area (Å²) in [5.74, 6) is 0.235. The number of aromatic nitrogens is 2. The highest BCUT2D eigenvalue weighted by atomic mass is 16.7. The maximum atomic E-state index is 10.9. The molecule has 0 amide bonds. The number of hydrogen-bond donors (Lipinski definition) is 4. The molecule has 1 aromatic heterocycles. The van der Waals surface area contributed by atoms with Gasteiger partial charge in [0.25, 0.3) is 0 Å². The van der Waals surface area contributed by atoms with Crippen LogP contribution in [0.15, 0.2) is 36.4 Å². The minimum Gasteiger partial charge on any atom is -0.508 e. The van der Waals surface area contributed by atoms with Gasteiger partial charge in [0.1, 0.15) is 17.2 Å². The van der Waals surface area contributed by atoms with Gasteiger partial charge in [0.15, 0.2) is 11.5 Å². The smallest absolute Gasteiger partial charge is 0.303 e. The molecule has 0 atom stereocenters. The van der Waals surface area contributed by atoms with Crippen molar-refractivity contribution in [2.24, 2.45) is 0 Å². The normalized spacial score (nSPS) is 12.3. The molecule has 144 valence electrons. The fourth-order valence-corrected chi connectivity index (χ4v) is 3.25. The van der Waals surface area contributed by atoms with E-state index in [1.54, 1.807) is 12.1 Å². The van der Waals surface area contributed by atoms with Gasteiger partial charge in [-0.1, -0.05) is 6.07 Å². The highest BCUT2D eigenvalue weighted by Crippen LogP contribution is 2.42. The average molecular weight is 382 g/mol. The molecule has 0 spiro atoms. The minimum absolute atomic E-state index is 0.0411. The van der Waals surface area contributed by atoms with Crippen LogP contribution in [0, 0.1) is 0 Å². The van der Waals surface area contributed by atoms with Crippen molar-refractivity contribution in [1.29, 1.82) is 0 Å². The third-order valence-electron chi connectivity index (χ3n) is 4.56. The molecule has 8 heteroatoms. The Balaban J connectivity index is 1.80. The summed E-state index contributed by atoms with van der Waals surface area (Å²) in [6.45, 7) is 0.154. The maximum Gasteiger partial charge on any atom is 0.303 e. The lowest BCUT2D eigenvalue weighted by atomic mass is 9.96. The van der Waals surface area contributed by atoms with Gasteiger partial charge >= 0.3 is 5.97 Å². The van der Waals surface area contributed by atoms with Crippen molar-refractivity contribution >= 4 is 5.97 Å². The molecule has 0 saturated heterocycles. The van der Waals surface area contributed by atoms with Crippen LogP contribution >= 0.6 is 0 Å². The number of hydrogen-bond acceptors (Lipinski definition) is 6. The van der Waals surface area contributed by atoms with Crippen LogP contribution in [0.25, 0.3) is 22.4 Å². The van der Waals surface area contributed by atoms with Crippen molar-refractivity contribution < 1.29 is 29.6 Å². The Hall–Kier alpha value is -3.68. The van der Waals surface area contributed by atoms with E-state index in [0.717, 1.165) is 16.8 Å². The second-order valence-electron chi connectivity index (χ2n) is 6.44. The zero-order valence-electron chi connectivity index (χ0n) is 14.8. The number of nitrogens with one attached hydrogen (secondary N) is 1. The Morgan fingerprint density at radius 2 is 1.93 bits per heavy atom. The number of phenols is 2. The van der Waals surface area contributed by atoms with E-state index in [1.807, 2.05) is 12.1 Å². The summed E-state index contributed by atoms with van der Waals surface area (Å²) in [5, 5.41) is 36.1. The van der Waals surface area contributed by atoms with E-state index in [2.05, 4.69) is 10.2 Å². The van der Waals surface area contributed by atoms with Crippen molar-refractivity contribution in [2.45, 2.75) is 19.3 Å². The Bertz CT molecular complexity index is 1040. The summed E-state index contributed by atoms with van der Waals surface area (Å²) in [7, 11) is 0. The van der Waals surface area contributed by atoms with Gasteiger partial charge in [-0.15, -0.1) is 0 Å². The summed E-state index contributed by atoms with van der Waals surface area (Å²) in [4.78, 5) is 10.9. The molecular formula is C20H18N2O6. The second kappa shape index (κ2) is 7.15. The van der Waals surface area contributed by atoms with Gasteiger partial charge in [0.2, 0.25) is 6.79 Å². The lowest BCUT2D eigenvalue weighted by molar-refractivity contribution is -0.137. The largest absolute Gasteiger partial charge is 0.508 e. The number of carboxylic acids is 1. The van der Waals surface area contributed by atoms with Crippen LogP contribution in [0.4, 0.5) is 0 Å². The van der Waals surface area contributed by atoms with E-state index >= 15 is 0 Å². The highest BCUT2D eigenvalue weighted by Gasteiger charge is 2.22. The van der Waals surface area contributed by atoms with Gasteiger partial charge in [0, 0.05) is 29.3 Å². The number of fused-ring (bicyclic) bond motifs is 1. The number of aryl methyl sites for hydroxylation is 1. The lowest BCUT2D eigenvalue weighted by Crippen LogP contribution is -1.97. The number of phenolic OH excluding ortho intramolecular Hbond substituents is 2. The number of carboxylic acid groups (broad SMARTS) is 1. The number of H-pyrrole nitrogens is 1. The first-order valence-electron chi connectivity index (χ1n) is 8.74. The summed E-state index contributed by atoms with van der Waals surface area (Å²) < 4.78 is 10.8. The molecule has 1 aliphatic rings. The third-order valence-corrected chi connectivity index (χ3v) is 4.56. The monoisotopic (exact) mass is 382 g/mol. The molecule has 3 aromatic rings. The second-order valence-corrected chi connectivity index (χ2v) is 6.44. The molecule has 4 rings (SSSR count). The zero-order valence-corrected chi connectivity index (χ0v) is 14.8. The first-order valence-corrected chi connectivity index (χ1v) is 8.74. The molecule has 0 unspecified atom stereocenters. The quantitative estimate of drug-likeness (QED) is 0.515. The van der Waals surface area contributed by atoms with E-state index < -0.39 is 5.97 Å². The topological polar surface area (TPSA) is 125 Å². The third kappa shape index (κ3) is 3.32. The van der Waals surface area contributed by atoms with Crippen LogP contribution in [0.2, 0.25) is 0 Å². The Morgan fingerprint density at radius 1 is 1.11 bits per heavy atom. The molecular weight excluding hydrogens is 364 g/mol. The molecule has 0 aliphatic carbocycles. The Labute approximate surface area is 160 Å². The first-order chi connectivity index (χ1) is 13.5. The van der Waals surface area contributed by atoms with Crippen LogP contribution in [-0.2, 0) is 11.2 Å². The van der Waals surface area contributed by atoms with E-state index in [4.69, 9.17) is 14.6 Å². The van der Waals surface area contributed by atoms with Crippen molar-refractivity contribution in [1.82, 2.24) is 10.2 Å². The molecule has 0 radical (unpaired) electrons. The van der Waals surface area contributed by atoms with E-state index in [9.17, 15) is 15.0 Å². The zero-order chi connectivity index (χ0) is 19.7. The van der Waals surface area contributed by atoms with E-state index in [-0.39, 0.29) is 24.7 Å². The lowest BCUT2D eigenvalue weighted by Gasteiger charge is -2.09. The number of rotatable bonds is 6. The summed E-state index contributed by atoms with van der Waals surface area (Å²) >= 11 is 0. The molecule has 1 aliphatic heterocycles.